The first-order valence-electron chi connectivity index (χ1n) is 11.2. The lowest BCUT2D eigenvalue weighted by Crippen LogP contribution is -2.30. The van der Waals surface area contributed by atoms with E-state index in [9.17, 15) is 34.5 Å². The Morgan fingerprint density at radius 3 is 2.42 bits per heavy atom. The van der Waals surface area contributed by atoms with E-state index in [1.807, 2.05) is 0 Å². The largest absolute Gasteiger partial charge is 0.507 e. The van der Waals surface area contributed by atoms with Crippen molar-refractivity contribution < 1.29 is 44.3 Å². The second-order valence-electron chi connectivity index (χ2n) is 8.58. The van der Waals surface area contributed by atoms with Crippen LogP contribution < -0.4 is 10.2 Å². The van der Waals surface area contributed by atoms with Crippen molar-refractivity contribution in [2.45, 2.75) is 32.1 Å². The fourth-order valence-corrected chi connectivity index (χ4v) is 4.76. The predicted molar refractivity (Wildman–Crippen MR) is 125 cm³/mol. The first-order valence-corrected chi connectivity index (χ1v) is 11.2. The molecule has 2 aromatic carbocycles. The number of phenolic OH excluding ortho intramolecular Hbond substituents is 2. The van der Waals surface area contributed by atoms with Crippen molar-refractivity contribution in [3.63, 3.8) is 0 Å². The number of nitrogens with one attached hydrogen (secondary N) is 1. The van der Waals surface area contributed by atoms with E-state index in [-0.39, 0.29) is 70.7 Å². The van der Waals surface area contributed by atoms with E-state index in [4.69, 9.17) is 9.84 Å². The van der Waals surface area contributed by atoms with Crippen molar-refractivity contribution in [2.75, 3.05) is 13.7 Å². The van der Waals surface area contributed by atoms with Gasteiger partial charge in [-0.25, -0.2) is 5.43 Å². The zero-order chi connectivity index (χ0) is 26.1. The number of ether oxygens (including phenoxy) is 1. The van der Waals surface area contributed by atoms with Gasteiger partial charge in [-0.05, 0) is 25.3 Å². The highest BCUT2D eigenvalue weighted by molar-refractivity contribution is 6.31. The molecule has 0 aromatic heterocycles. The van der Waals surface area contributed by atoms with Crippen LogP contribution in [0.15, 0.2) is 23.3 Å². The number of rotatable bonds is 7. The number of fused-ring (bicyclic) bond motifs is 3. The number of aliphatic carboxylic acids is 1. The number of phenols is 2. The molecule has 0 radical (unpaired) electrons. The number of nitrogens with zero attached hydrogens (tertiary/aromatic N) is 1. The van der Waals surface area contributed by atoms with Gasteiger partial charge in [0.2, 0.25) is 11.7 Å². The predicted octanol–water partition coefficient (Wildman–Crippen LogP) is 1.32. The van der Waals surface area contributed by atoms with Gasteiger partial charge in [-0.3, -0.25) is 19.2 Å². The van der Waals surface area contributed by atoms with Gasteiger partial charge in [0.15, 0.2) is 5.78 Å². The Labute approximate surface area is 205 Å². The summed E-state index contributed by atoms with van der Waals surface area (Å²) in [7, 11) is 1.36. The molecule has 1 atom stereocenters. The van der Waals surface area contributed by atoms with Crippen molar-refractivity contribution in [1.82, 2.24) is 5.43 Å². The van der Waals surface area contributed by atoms with E-state index in [0.29, 0.717) is 12.0 Å². The first-order chi connectivity index (χ1) is 17.2. The first kappa shape index (κ1) is 24.9. The molecule has 11 heteroatoms. The van der Waals surface area contributed by atoms with Crippen molar-refractivity contribution in [2.24, 2.45) is 11.0 Å². The minimum atomic E-state index is -1.13. The summed E-state index contributed by atoms with van der Waals surface area (Å²) >= 11 is 0. The van der Waals surface area contributed by atoms with Crippen molar-refractivity contribution in [3.05, 3.63) is 51.6 Å². The molecule has 5 N–H and O–H groups in total. The molecule has 188 valence electrons. The molecule has 2 aromatic rings. The maximum absolute atomic E-state index is 13.3. The summed E-state index contributed by atoms with van der Waals surface area (Å²) in [6.45, 7) is -0.512. The molecule has 2 aliphatic carbocycles. The van der Waals surface area contributed by atoms with E-state index >= 15 is 0 Å². The van der Waals surface area contributed by atoms with Crippen LogP contribution >= 0.6 is 0 Å². The molecular weight excluding hydrogens is 472 g/mol. The topological polar surface area (TPSA) is 183 Å². The van der Waals surface area contributed by atoms with Crippen molar-refractivity contribution in [3.8, 4) is 17.2 Å². The Morgan fingerprint density at radius 1 is 1.06 bits per heavy atom. The molecule has 2 aliphatic rings. The number of carbonyl (C=O) groups excluding carboxylic acids is 3. The normalized spacial score (nSPS) is 16.6. The Bertz CT molecular complexity index is 1330. The monoisotopic (exact) mass is 496 g/mol. The molecule has 1 unspecified atom stereocenters. The van der Waals surface area contributed by atoms with Crippen LogP contribution in [0.3, 0.4) is 0 Å². The van der Waals surface area contributed by atoms with Crippen LogP contribution in [0.1, 0.15) is 62.2 Å². The van der Waals surface area contributed by atoms with E-state index in [0.717, 1.165) is 0 Å². The number of hydrogen-bond donors (Lipinski definition) is 5. The summed E-state index contributed by atoms with van der Waals surface area (Å²) in [5.74, 6) is -4.09. The number of benzene rings is 2. The number of amides is 1. The fraction of sp³-hybridized carbons (Fsp3) is 0.320. The number of methoxy groups -OCH3 is 1. The highest BCUT2D eigenvalue weighted by Crippen LogP contribution is 2.47. The summed E-state index contributed by atoms with van der Waals surface area (Å²) in [4.78, 5) is 49.1. The van der Waals surface area contributed by atoms with E-state index in [1.54, 1.807) is 6.07 Å². The SMILES string of the molecule is COc1cccc2c1C(=O)c1c(O)c3c(c(O)c1C2=O)CC(/C(CO)=N\NC(=O)CCC(=O)O)CC3. The number of carbonyl (C=O) groups is 4. The fourth-order valence-electron chi connectivity index (χ4n) is 4.76. The Morgan fingerprint density at radius 2 is 1.75 bits per heavy atom. The lowest BCUT2D eigenvalue weighted by Gasteiger charge is -2.30. The zero-order valence-corrected chi connectivity index (χ0v) is 19.3. The quantitative estimate of drug-likeness (QED) is 0.183. The maximum Gasteiger partial charge on any atom is 0.303 e. The summed E-state index contributed by atoms with van der Waals surface area (Å²) in [6.07, 6.45) is 0.00380. The smallest absolute Gasteiger partial charge is 0.303 e. The molecule has 0 spiro atoms. The summed E-state index contributed by atoms with van der Waals surface area (Å²) in [5, 5.41) is 44.6. The van der Waals surface area contributed by atoms with Gasteiger partial charge in [0, 0.05) is 29.0 Å². The van der Waals surface area contributed by atoms with Crippen LogP contribution in [0.2, 0.25) is 0 Å². The van der Waals surface area contributed by atoms with Crippen LogP contribution in [0.25, 0.3) is 0 Å². The number of aromatic hydroxyl groups is 2. The van der Waals surface area contributed by atoms with Crippen LogP contribution in [0.5, 0.6) is 17.2 Å². The molecule has 0 fully saturated rings. The van der Waals surface area contributed by atoms with E-state index in [1.165, 1.54) is 19.2 Å². The van der Waals surface area contributed by atoms with Gasteiger partial charge in [-0.2, -0.15) is 5.10 Å². The molecule has 1 amide bonds. The van der Waals surface area contributed by atoms with Gasteiger partial charge in [0.05, 0.1) is 42.5 Å². The lowest BCUT2D eigenvalue weighted by molar-refractivity contribution is -0.138. The number of carboxylic acids is 1. The van der Waals surface area contributed by atoms with Gasteiger partial charge in [-0.15, -0.1) is 0 Å². The molecule has 0 bridgehead atoms. The molecule has 0 heterocycles. The highest BCUT2D eigenvalue weighted by atomic mass is 16.5. The van der Waals surface area contributed by atoms with Crippen molar-refractivity contribution >= 4 is 29.2 Å². The van der Waals surface area contributed by atoms with E-state index in [2.05, 4.69) is 10.5 Å². The maximum atomic E-state index is 13.3. The third-order valence-electron chi connectivity index (χ3n) is 6.55. The second kappa shape index (κ2) is 9.78. The van der Waals surface area contributed by atoms with Crippen LogP contribution in [0.4, 0.5) is 0 Å². The van der Waals surface area contributed by atoms with Crippen molar-refractivity contribution in [1.29, 1.82) is 0 Å². The standard InChI is InChI=1S/C25H24N2O9/c1-36-16-4-2-3-13-19(16)25(35)21-20(23(13)33)24(34)14-9-11(5-6-12(14)22(21)32)15(10-28)26-27-17(29)7-8-18(30)31/h2-4,11,28,32,34H,5-10H2,1H3,(H,27,29)(H,30,31)/b26-15-. The second-order valence-corrected chi connectivity index (χ2v) is 8.58. The van der Waals surface area contributed by atoms with Gasteiger partial charge in [0.25, 0.3) is 0 Å². The summed E-state index contributed by atoms with van der Waals surface area (Å²) < 4.78 is 5.24. The average molecular weight is 496 g/mol. The minimum absolute atomic E-state index is 0.0224. The number of hydrazone groups is 1. The number of carboxylic acid groups (broad SMARTS) is 1. The number of aliphatic hydroxyl groups excluding tert-OH is 1. The third kappa shape index (κ3) is 4.17. The number of aliphatic hydroxyl groups is 1. The molecule has 4 rings (SSSR count). The van der Waals surface area contributed by atoms with Gasteiger partial charge >= 0.3 is 5.97 Å². The summed E-state index contributed by atoms with van der Waals surface area (Å²) in [6, 6.07) is 4.53. The number of ketones is 2. The third-order valence-corrected chi connectivity index (χ3v) is 6.55. The average Bonchev–Trinajstić information content (AvgIpc) is 2.87. The molecule has 0 saturated carbocycles. The van der Waals surface area contributed by atoms with Gasteiger partial charge in [0.1, 0.15) is 17.2 Å². The van der Waals surface area contributed by atoms with Gasteiger partial charge in [-0.1, -0.05) is 12.1 Å². The lowest BCUT2D eigenvalue weighted by atomic mass is 9.74. The minimum Gasteiger partial charge on any atom is -0.507 e. The molecular formula is C25H24N2O9. The Balaban J connectivity index is 1.69. The Hall–Kier alpha value is -4.25. The Kier molecular flexibility index (Phi) is 6.75. The highest BCUT2D eigenvalue weighted by Gasteiger charge is 2.40. The zero-order valence-electron chi connectivity index (χ0n) is 19.3. The van der Waals surface area contributed by atoms with Crippen LogP contribution in [0, 0.1) is 5.92 Å². The van der Waals surface area contributed by atoms with E-state index < -0.39 is 41.7 Å². The van der Waals surface area contributed by atoms with Gasteiger partial charge < -0.3 is 25.2 Å². The molecule has 36 heavy (non-hydrogen) atoms. The summed E-state index contributed by atoms with van der Waals surface area (Å²) in [5.41, 5.74) is 2.51. The van der Waals surface area contributed by atoms with Crippen LogP contribution in [-0.4, -0.2) is 63.3 Å². The molecule has 0 aliphatic heterocycles. The van der Waals surface area contributed by atoms with Crippen LogP contribution in [-0.2, 0) is 22.4 Å². The molecule has 11 nitrogen and oxygen atoms in total. The number of hydrogen-bond acceptors (Lipinski definition) is 9. The molecule has 0 saturated heterocycles.